The predicted octanol–water partition coefficient (Wildman–Crippen LogP) is 14.2. The monoisotopic (exact) mass is 843 g/mol. The zero-order valence-corrected chi connectivity index (χ0v) is 35.5. The first-order valence-electron chi connectivity index (χ1n) is 21.9. The van der Waals surface area contributed by atoms with Crippen LogP contribution in [-0.4, -0.2) is 34.9 Å². The third-order valence-electron chi connectivity index (χ3n) is 12.0. The van der Waals surface area contributed by atoms with E-state index >= 15 is 0 Å². The van der Waals surface area contributed by atoms with E-state index in [1.54, 1.807) is 0 Å². The molecule has 0 saturated carbocycles. The largest absolute Gasteiger partial charge is 0.247 e. The Morgan fingerprint density at radius 1 is 0.212 bits per heavy atom. The molecule has 7 heteroatoms. The van der Waals surface area contributed by atoms with Gasteiger partial charge in [0.05, 0.1) is 11.2 Å². The number of fused-ring (bicyclic) bond motifs is 5. The van der Waals surface area contributed by atoms with E-state index < -0.39 is 0 Å². The van der Waals surface area contributed by atoms with E-state index in [0.717, 1.165) is 88.2 Å². The lowest BCUT2D eigenvalue weighted by atomic mass is 9.89. The first-order chi connectivity index (χ1) is 32.7. The van der Waals surface area contributed by atoms with Crippen LogP contribution in [0.5, 0.6) is 0 Å². The maximum absolute atomic E-state index is 5.42. The lowest BCUT2D eigenvalue weighted by Gasteiger charge is -2.17. The molecule has 12 rings (SSSR count). The number of benzene rings is 9. The lowest BCUT2D eigenvalue weighted by Crippen LogP contribution is -2.00. The highest BCUT2D eigenvalue weighted by Gasteiger charge is 2.19. The number of aromatic nitrogens is 7. The molecule has 0 N–H and O–H groups in total. The topological polar surface area (TPSA) is 90.2 Å². The first kappa shape index (κ1) is 38.6. The van der Waals surface area contributed by atoms with Crippen LogP contribution in [0.4, 0.5) is 0 Å². The zero-order chi connectivity index (χ0) is 43.8. The molecule has 0 saturated heterocycles. The number of nitrogens with zero attached hydrogens (tertiary/aromatic N) is 7. The summed E-state index contributed by atoms with van der Waals surface area (Å²) < 4.78 is 0. The first-order valence-corrected chi connectivity index (χ1v) is 21.9. The van der Waals surface area contributed by atoms with Crippen molar-refractivity contribution in [3.63, 3.8) is 0 Å². The average molecular weight is 844 g/mol. The van der Waals surface area contributed by atoms with Gasteiger partial charge in [0.15, 0.2) is 34.9 Å². The van der Waals surface area contributed by atoms with Gasteiger partial charge in [0.1, 0.15) is 0 Å². The summed E-state index contributed by atoms with van der Waals surface area (Å²) in [7, 11) is 0. The number of rotatable bonds is 8. The second-order valence-electron chi connectivity index (χ2n) is 16.1. The van der Waals surface area contributed by atoms with Crippen molar-refractivity contribution in [2.24, 2.45) is 0 Å². The molecule has 0 bridgehead atoms. The quantitative estimate of drug-likeness (QED) is 0.141. The summed E-state index contributed by atoms with van der Waals surface area (Å²) >= 11 is 0. The van der Waals surface area contributed by atoms with Gasteiger partial charge in [0.2, 0.25) is 0 Å². The van der Waals surface area contributed by atoms with Crippen LogP contribution in [0.3, 0.4) is 0 Å². The molecule has 3 aromatic heterocycles. The molecule has 0 amide bonds. The molecule has 0 atom stereocenters. The number of hydrogen-bond donors (Lipinski definition) is 0. The van der Waals surface area contributed by atoms with Crippen molar-refractivity contribution in [3.05, 3.63) is 224 Å². The molecule has 9 aromatic carbocycles. The van der Waals surface area contributed by atoms with E-state index in [0.29, 0.717) is 34.9 Å². The molecule has 7 nitrogen and oxygen atoms in total. The Bertz CT molecular complexity index is 3620. The predicted molar refractivity (Wildman–Crippen MR) is 267 cm³/mol. The summed E-state index contributed by atoms with van der Waals surface area (Å²) in [5, 5.41) is 5.61. The van der Waals surface area contributed by atoms with Crippen molar-refractivity contribution in [2.45, 2.75) is 0 Å². The molecule has 12 aromatic rings. The van der Waals surface area contributed by atoms with Crippen molar-refractivity contribution in [2.75, 3.05) is 0 Å². The Balaban J connectivity index is 1.01. The van der Waals surface area contributed by atoms with Crippen LogP contribution in [-0.2, 0) is 0 Å². The normalized spacial score (nSPS) is 11.3. The van der Waals surface area contributed by atoms with Crippen LogP contribution in [0.25, 0.3) is 123 Å². The van der Waals surface area contributed by atoms with E-state index in [1.807, 2.05) is 121 Å². The van der Waals surface area contributed by atoms with E-state index in [4.69, 9.17) is 34.9 Å². The molecule has 66 heavy (non-hydrogen) atoms. The van der Waals surface area contributed by atoms with Gasteiger partial charge in [-0.15, -0.1) is 0 Å². The SMILES string of the molecule is c1ccc(-c2nc(-c3ccccc3)nc(-c3ccc(-c4cc5c(-c6cccc(-c7nc(-c8ccccc8)nc(-c8ccccc8)n7)c6)nc6ccccc6c5c5ccccc45)cc3)n2)cc1. The molecule has 0 aliphatic heterocycles. The smallest absolute Gasteiger partial charge is 0.164 e. The van der Waals surface area contributed by atoms with E-state index in [1.165, 1.54) is 0 Å². The van der Waals surface area contributed by atoms with Crippen LogP contribution in [0, 0.1) is 0 Å². The Labute approximate surface area is 380 Å². The molecule has 0 aliphatic carbocycles. The van der Waals surface area contributed by atoms with Gasteiger partial charge in [0, 0.05) is 55.1 Å². The van der Waals surface area contributed by atoms with E-state index in [2.05, 4.69) is 103 Å². The molecule has 0 radical (unpaired) electrons. The van der Waals surface area contributed by atoms with Crippen LogP contribution < -0.4 is 0 Å². The van der Waals surface area contributed by atoms with Crippen molar-refractivity contribution in [1.29, 1.82) is 0 Å². The summed E-state index contributed by atoms with van der Waals surface area (Å²) in [5.41, 5.74) is 10.4. The second kappa shape index (κ2) is 16.6. The van der Waals surface area contributed by atoms with Gasteiger partial charge in [-0.1, -0.05) is 206 Å². The van der Waals surface area contributed by atoms with Gasteiger partial charge in [-0.25, -0.2) is 34.9 Å². The minimum Gasteiger partial charge on any atom is -0.247 e. The molecule has 3 heterocycles. The summed E-state index contributed by atoms with van der Waals surface area (Å²) in [5.74, 6) is 3.69. The number of pyridine rings is 1. The minimum absolute atomic E-state index is 0.589. The molecular formula is C59H37N7. The molecule has 0 aliphatic rings. The molecule has 0 spiro atoms. The summed E-state index contributed by atoms with van der Waals surface area (Å²) in [4.78, 5) is 35.4. The van der Waals surface area contributed by atoms with Crippen molar-refractivity contribution >= 4 is 32.4 Å². The van der Waals surface area contributed by atoms with Gasteiger partial charge >= 0.3 is 0 Å². The maximum atomic E-state index is 5.42. The van der Waals surface area contributed by atoms with Crippen molar-refractivity contribution in [1.82, 2.24) is 34.9 Å². The Hall–Kier alpha value is -9.07. The van der Waals surface area contributed by atoms with Crippen LogP contribution in [0.2, 0.25) is 0 Å². The number of para-hydroxylation sites is 1. The second-order valence-corrected chi connectivity index (χ2v) is 16.1. The maximum Gasteiger partial charge on any atom is 0.164 e. The minimum atomic E-state index is 0.589. The summed E-state index contributed by atoms with van der Waals surface area (Å²) in [6.45, 7) is 0. The summed E-state index contributed by atoms with van der Waals surface area (Å²) in [6.07, 6.45) is 0. The van der Waals surface area contributed by atoms with E-state index in [9.17, 15) is 0 Å². The van der Waals surface area contributed by atoms with Crippen LogP contribution >= 0.6 is 0 Å². The molecule has 308 valence electrons. The number of hydrogen-bond acceptors (Lipinski definition) is 7. The van der Waals surface area contributed by atoms with Gasteiger partial charge in [-0.3, -0.25) is 0 Å². The standard InChI is InChI=1S/C59H37N7/c1-5-18-39(19-6-1)54-61-55(40-20-7-2-8-21-40)64-58(63-54)43-34-32-38(33-35-43)49-37-50-52(47-29-14-13-28-46(47)49)48-30-15-16-31-51(48)60-53(50)44-26-17-27-45(36-44)59-65-56(41-22-9-3-10-23-41)62-57(66-59)42-24-11-4-12-25-42/h1-37H. The Morgan fingerprint density at radius 3 is 1.08 bits per heavy atom. The highest BCUT2D eigenvalue weighted by molar-refractivity contribution is 6.25. The highest BCUT2D eigenvalue weighted by atomic mass is 15.0. The van der Waals surface area contributed by atoms with Crippen molar-refractivity contribution in [3.8, 4) is 90.7 Å². The molecule has 0 fully saturated rings. The van der Waals surface area contributed by atoms with Gasteiger partial charge in [-0.05, 0) is 40.1 Å². The van der Waals surface area contributed by atoms with Gasteiger partial charge in [0.25, 0.3) is 0 Å². The van der Waals surface area contributed by atoms with Crippen molar-refractivity contribution < 1.29 is 0 Å². The lowest BCUT2D eigenvalue weighted by molar-refractivity contribution is 1.07. The van der Waals surface area contributed by atoms with Crippen LogP contribution in [0.15, 0.2) is 224 Å². The van der Waals surface area contributed by atoms with Crippen LogP contribution in [0.1, 0.15) is 0 Å². The Kier molecular flexibility index (Phi) is 9.69. The molecular weight excluding hydrogens is 807 g/mol. The third kappa shape index (κ3) is 7.20. The fourth-order valence-corrected chi connectivity index (χ4v) is 8.75. The fourth-order valence-electron chi connectivity index (χ4n) is 8.75. The summed E-state index contributed by atoms with van der Waals surface area (Å²) in [6, 6.07) is 76.6. The molecule has 0 unspecified atom stereocenters. The van der Waals surface area contributed by atoms with Gasteiger partial charge in [-0.2, -0.15) is 0 Å². The van der Waals surface area contributed by atoms with Gasteiger partial charge < -0.3 is 0 Å². The van der Waals surface area contributed by atoms with E-state index in [-0.39, 0.29) is 0 Å². The fraction of sp³-hybridized carbons (Fsp3) is 0. The highest BCUT2D eigenvalue weighted by Crippen LogP contribution is 2.42. The zero-order valence-electron chi connectivity index (χ0n) is 35.5. The Morgan fingerprint density at radius 2 is 0.576 bits per heavy atom. The average Bonchev–Trinajstić information content (AvgIpc) is 3.41. The third-order valence-corrected chi connectivity index (χ3v) is 12.0.